The van der Waals surface area contributed by atoms with Gasteiger partial charge in [-0.3, -0.25) is 0 Å². The molecular formula is C28H52O3. The molecule has 0 amide bonds. The molecule has 2 N–H and O–H groups in total. The van der Waals surface area contributed by atoms with E-state index < -0.39 is 11.2 Å². The highest BCUT2D eigenvalue weighted by Crippen LogP contribution is 2.65. The first-order chi connectivity index (χ1) is 14.4. The summed E-state index contributed by atoms with van der Waals surface area (Å²) >= 11 is 0. The van der Waals surface area contributed by atoms with Crippen molar-refractivity contribution in [3.8, 4) is 0 Å². The summed E-state index contributed by atoms with van der Waals surface area (Å²) < 4.78 is 5.38. The molecule has 3 fully saturated rings. The van der Waals surface area contributed by atoms with Crippen molar-refractivity contribution in [1.29, 1.82) is 0 Å². The van der Waals surface area contributed by atoms with Gasteiger partial charge in [-0.05, 0) is 118 Å². The molecule has 3 rings (SSSR count). The Bertz CT molecular complexity index is 598. The summed E-state index contributed by atoms with van der Waals surface area (Å²) in [6.07, 6.45) is 13.0. The van der Waals surface area contributed by atoms with E-state index >= 15 is 0 Å². The van der Waals surface area contributed by atoms with Crippen LogP contribution in [-0.2, 0) is 4.74 Å². The molecule has 0 aromatic heterocycles. The first kappa shape index (κ1) is 25.5. The average Bonchev–Trinajstić information content (AvgIpc) is 2.66. The fraction of sp³-hybridized carbons (Fsp3) is 1.00. The van der Waals surface area contributed by atoms with Gasteiger partial charge < -0.3 is 14.9 Å². The van der Waals surface area contributed by atoms with Crippen molar-refractivity contribution in [3.05, 3.63) is 0 Å². The van der Waals surface area contributed by atoms with E-state index in [4.69, 9.17) is 4.74 Å². The smallest absolute Gasteiger partial charge is 0.0883 e. The normalized spacial score (nSPS) is 44.4. The molecular weight excluding hydrogens is 384 g/mol. The third-order valence-corrected chi connectivity index (χ3v) is 10.3. The quantitative estimate of drug-likeness (QED) is 0.450. The zero-order chi connectivity index (χ0) is 23.1. The monoisotopic (exact) mass is 436 g/mol. The third-order valence-electron chi connectivity index (χ3n) is 10.3. The van der Waals surface area contributed by atoms with Crippen molar-refractivity contribution in [2.24, 2.45) is 40.4 Å². The maximum absolute atomic E-state index is 11.1. The number of fused-ring (bicyclic) bond motifs is 3. The Morgan fingerprint density at radius 2 is 1.81 bits per heavy atom. The van der Waals surface area contributed by atoms with Gasteiger partial charge in [0.2, 0.25) is 0 Å². The Labute approximate surface area is 192 Å². The second-order valence-electron chi connectivity index (χ2n) is 13.3. The largest absolute Gasteiger partial charge is 0.390 e. The molecule has 0 aromatic rings. The lowest BCUT2D eigenvalue weighted by Gasteiger charge is -2.62. The summed E-state index contributed by atoms with van der Waals surface area (Å²) in [5, 5.41) is 21.2. The van der Waals surface area contributed by atoms with Crippen LogP contribution >= 0.6 is 0 Å². The van der Waals surface area contributed by atoms with Gasteiger partial charge in [-0.15, -0.1) is 0 Å². The van der Waals surface area contributed by atoms with Gasteiger partial charge in [0, 0.05) is 7.11 Å². The molecule has 0 radical (unpaired) electrons. The molecule has 0 heterocycles. The fourth-order valence-electron chi connectivity index (χ4n) is 8.66. The number of ether oxygens (including phenoxy) is 1. The van der Waals surface area contributed by atoms with Gasteiger partial charge in [-0.2, -0.15) is 0 Å². The van der Waals surface area contributed by atoms with Gasteiger partial charge in [0.25, 0.3) is 0 Å². The SMILES string of the molecule is CCC1C2CCC3CC(O)(COC)CCC3(C)C2CCC1(C)CC(C)CCC(C)(C)O. The predicted molar refractivity (Wildman–Crippen MR) is 129 cm³/mol. The fourth-order valence-corrected chi connectivity index (χ4v) is 8.66. The van der Waals surface area contributed by atoms with E-state index in [2.05, 4.69) is 27.7 Å². The summed E-state index contributed by atoms with van der Waals surface area (Å²) in [4.78, 5) is 0. The van der Waals surface area contributed by atoms with Crippen LogP contribution in [0.4, 0.5) is 0 Å². The van der Waals surface area contributed by atoms with Crippen LogP contribution in [0, 0.1) is 40.4 Å². The highest BCUT2D eigenvalue weighted by molar-refractivity contribution is 5.08. The topological polar surface area (TPSA) is 49.7 Å². The highest BCUT2D eigenvalue weighted by atomic mass is 16.5. The van der Waals surface area contributed by atoms with E-state index in [9.17, 15) is 10.2 Å². The van der Waals surface area contributed by atoms with E-state index in [1.54, 1.807) is 7.11 Å². The lowest BCUT2D eigenvalue weighted by atomic mass is 9.43. The van der Waals surface area contributed by atoms with Crippen molar-refractivity contribution < 1.29 is 14.9 Å². The number of aliphatic hydroxyl groups is 2. The maximum Gasteiger partial charge on any atom is 0.0883 e. The van der Waals surface area contributed by atoms with Gasteiger partial charge in [0.05, 0.1) is 17.8 Å². The van der Waals surface area contributed by atoms with Crippen LogP contribution in [0.1, 0.15) is 112 Å². The minimum absolute atomic E-state index is 0.393. The Kier molecular flexibility index (Phi) is 7.62. The zero-order valence-electron chi connectivity index (χ0n) is 21.7. The van der Waals surface area contributed by atoms with Crippen LogP contribution in [0.15, 0.2) is 0 Å². The van der Waals surface area contributed by atoms with Gasteiger partial charge >= 0.3 is 0 Å². The first-order valence-corrected chi connectivity index (χ1v) is 13.3. The second-order valence-corrected chi connectivity index (χ2v) is 13.3. The molecule has 8 unspecified atom stereocenters. The number of methoxy groups -OCH3 is 1. The minimum atomic E-state index is -0.602. The molecule has 8 atom stereocenters. The Balaban J connectivity index is 1.71. The Morgan fingerprint density at radius 3 is 2.42 bits per heavy atom. The number of rotatable bonds is 8. The van der Waals surface area contributed by atoms with Crippen LogP contribution < -0.4 is 0 Å². The molecule has 0 aromatic carbocycles. The van der Waals surface area contributed by atoms with Gasteiger partial charge in [-0.25, -0.2) is 0 Å². The zero-order valence-corrected chi connectivity index (χ0v) is 21.7. The molecule has 3 saturated carbocycles. The van der Waals surface area contributed by atoms with Gasteiger partial charge in [0.1, 0.15) is 0 Å². The van der Waals surface area contributed by atoms with E-state index in [0.717, 1.165) is 49.9 Å². The van der Waals surface area contributed by atoms with Crippen LogP contribution in [0.3, 0.4) is 0 Å². The standard InChI is InChI=1S/C28H52O3/c1-8-23-22-10-9-21-18-28(30,19-31-7)16-15-27(21,6)24(22)12-14-26(23,5)17-20(2)11-13-25(3,4)29/h20-24,29-30H,8-19H2,1-7H3. The molecule has 3 nitrogen and oxygen atoms in total. The Hall–Kier alpha value is -0.120. The van der Waals surface area contributed by atoms with Crippen molar-refractivity contribution in [1.82, 2.24) is 0 Å². The molecule has 3 aliphatic rings. The summed E-state index contributed by atoms with van der Waals surface area (Å²) in [7, 11) is 1.72. The first-order valence-electron chi connectivity index (χ1n) is 13.3. The average molecular weight is 437 g/mol. The van der Waals surface area contributed by atoms with E-state index in [1.807, 2.05) is 13.8 Å². The molecule has 3 heteroatoms. The number of hydrogen-bond donors (Lipinski definition) is 2. The molecule has 3 aliphatic carbocycles. The summed E-state index contributed by atoms with van der Waals surface area (Å²) in [6.45, 7) is 14.4. The van der Waals surface area contributed by atoms with Crippen molar-refractivity contribution >= 4 is 0 Å². The molecule has 182 valence electrons. The van der Waals surface area contributed by atoms with E-state index in [0.29, 0.717) is 29.3 Å². The van der Waals surface area contributed by atoms with Crippen molar-refractivity contribution in [3.63, 3.8) is 0 Å². The maximum atomic E-state index is 11.1. The lowest BCUT2D eigenvalue weighted by Crippen LogP contribution is -2.56. The molecule has 0 saturated heterocycles. The molecule has 0 spiro atoms. The second kappa shape index (κ2) is 9.26. The highest BCUT2D eigenvalue weighted by Gasteiger charge is 2.58. The molecule has 0 aliphatic heterocycles. The van der Waals surface area contributed by atoms with E-state index in [-0.39, 0.29) is 0 Å². The molecule has 0 bridgehead atoms. The summed E-state index contributed by atoms with van der Waals surface area (Å²) in [6, 6.07) is 0. The number of hydrogen-bond acceptors (Lipinski definition) is 3. The van der Waals surface area contributed by atoms with Crippen LogP contribution in [0.2, 0.25) is 0 Å². The van der Waals surface area contributed by atoms with Crippen molar-refractivity contribution in [2.45, 2.75) is 123 Å². The molecule has 31 heavy (non-hydrogen) atoms. The summed E-state index contributed by atoms with van der Waals surface area (Å²) in [5.41, 5.74) is -0.321. The van der Waals surface area contributed by atoms with Crippen molar-refractivity contribution in [2.75, 3.05) is 13.7 Å². The van der Waals surface area contributed by atoms with E-state index in [1.165, 1.54) is 38.5 Å². The lowest BCUT2D eigenvalue weighted by molar-refractivity contribution is -0.165. The third kappa shape index (κ3) is 5.35. The van der Waals surface area contributed by atoms with Gasteiger partial charge in [-0.1, -0.05) is 34.1 Å². The Morgan fingerprint density at radius 1 is 1.10 bits per heavy atom. The van der Waals surface area contributed by atoms with Gasteiger partial charge in [0.15, 0.2) is 0 Å². The minimum Gasteiger partial charge on any atom is -0.390 e. The van der Waals surface area contributed by atoms with Crippen LogP contribution in [-0.4, -0.2) is 35.1 Å². The predicted octanol–water partition coefficient (Wildman–Crippen LogP) is 6.60. The summed E-state index contributed by atoms with van der Waals surface area (Å²) in [5.74, 6) is 3.81. The van der Waals surface area contributed by atoms with Crippen LogP contribution in [0.25, 0.3) is 0 Å². The van der Waals surface area contributed by atoms with Crippen LogP contribution in [0.5, 0.6) is 0 Å².